The maximum absolute atomic E-state index is 13.1. The maximum atomic E-state index is 13.1. The molecule has 0 aromatic heterocycles. The molecule has 4 amide bonds. The summed E-state index contributed by atoms with van der Waals surface area (Å²) in [5.74, 6) is -1.74. The molecular formula is C26H20N6O5. The van der Waals surface area contributed by atoms with Gasteiger partial charge in [-0.3, -0.25) is 30.0 Å². The van der Waals surface area contributed by atoms with Gasteiger partial charge < -0.3 is 16.4 Å². The van der Waals surface area contributed by atoms with Gasteiger partial charge in [-0.15, -0.1) is 0 Å². The number of amides is 4. The second kappa shape index (κ2) is 9.47. The molecule has 184 valence electrons. The first-order chi connectivity index (χ1) is 17.8. The summed E-state index contributed by atoms with van der Waals surface area (Å²) in [5, 5.41) is 18.7. The van der Waals surface area contributed by atoms with Crippen molar-refractivity contribution in [3.63, 3.8) is 0 Å². The number of nitro benzene ring substituents is 1. The van der Waals surface area contributed by atoms with Crippen LogP contribution in [-0.2, 0) is 16.1 Å². The highest BCUT2D eigenvalue weighted by Crippen LogP contribution is 2.38. The van der Waals surface area contributed by atoms with Crippen LogP contribution in [0.1, 0.15) is 28.2 Å². The summed E-state index contributed by atoms with van der Waals surface area (Å²) in [7, 11) is 0. The third kappa shape index (κ3) is 4.70. The topological polar surface area (TPSA) is 169 Å². The van der Waals surface area contributed by atoms with Crippen LogP contribution in [0.2, 0.25) is 0 Å². The first-order valence-electron chi connectivity index (χ1n) is 11.2. The van der Waals surface area contributed by atoms with Crippen LogP contribution < -0.4 is 21.7 Å². The van der Waals surface area contributed by atoms with Gasteiger partial charge in [-0.05, 0) is 41.0 Å². The van der Waals surface area contributed by atoms with Crippen molar-refractivity contribution in [3.05, 3.63) is 105 Å². The predicted molar refractivity (Wildman–Crippen MR) is 136 cm³/mol. The minimum absolute atomic E-state index is 0.126. The van der Waals surface area contributed by atoms with Gasteiger partial charge in [0.25, 0.3) is 11.6 Å². The number of imide groups is 1. The van der Waals surface area contributed by atoms with E-state index < -0.39 is 22.8 Å². The van der Waals surface area contributed by atoms with E-state index in [1.165, 1.54) is 24.3 Å². The van der Waals surface area contributed by atoms with E-state index in [-0.39, 0.29) is 17.3 Å². The zero-order chi connectivity index (χ0) is 26.1. The van der Waals surface area contributed by atoms with Gasteiger partial charge in [0.2, 0.25) is 5.91 Å². The Labute approximate surface area is 210 Å². The Kier molecular flexibility index (Phi) is 6.04. The first-order valence-corrected chi connectivity index (χ1v) is 11.2. The fraction of sp³-hybridized carbons (Fsp3) is 0.0769. The minimum atomic E-state index is -0.877. The van der Waals surface area contributed by atoms with Crippen LogP contribution in [0, 0.1) is 10.1 Å². The molecule has 1 unspecified atom stereocenters. The van der Waals surface area contributed by atoms with Crippen LogP contribution in [0.5, 0.6) is 0 Å². The van der Waals surface area contributed by atoms with E-state index >= 15 is 0 Å². The zero-order valence-corrected chi connectivity index (χ0v) is 19.2. The number of anilines is 1. The van der Waals surface area contributed by atoms with Crippen molar-refractivity contribution in [2.75, 3.05) is 5.32 Å². The summed E-state index contributed by atoms with van der Waals surface area (Å²) in [6.45, 7) is 0.348. The summed E-state index contributed by atoms with van der Waals surface area (Å²) >= 11 is 0. The summed E-state index contributed by atoms with van der Waals surface area (Å²) in [5.41, 5.74) is 9.83. The molecule has 5 N–H and O–H groups in total. The molecule has 0 bridgehead atoms. The van der Waals surface area contributed by atoms with Gasteiger partial charge in [0.05, 0.1) is 16.3 Å². The van der Waals surface area contributed by atoms with Crippen LogP contribution in [0.3, 0.4) is 0 Å². The smallest absolute Gasteiger partial charge is 0.326 e. The number of carbonyl (C=O) groups is 3. The SMILES string of the molecule is NCc1ccc(C(=Nc2ccc(C=C3NC(=O)NC3=O)cc2)C2C(=O)Nc3ccc([N+](=O)[O-])cc32)cc1. The van der Waals surface area contributed by atoms with E-state index in [0.29, 0.717) is 40.3 Å². The number of nitrogens with one attached hydrogen (secondary N) is 3. The molecule has 2 aliphatic heterocycles. The maximum Gasteiger partial charge on any atom is 0.326 e. The lowest BCUT2D eigenvalue weighted by Gasteiger charge is -2.14. The van der Waals surface area contributed by atoms with Gasteiger partial charge in [0.15, 0.2) is 0 Å². The number of non-ortho nitro benzene ring substituents is 1. The number of aliphatic imine (C=N–C) groups is 1. The van der Waals surface area contributed by atoms with E-state index in [1.54, 1.807) is 24.3 Å². The van der Waals surface area contributed by atoms with Crippen molar-refractivity contribution in [1.29, 1.82) is 0 Å². The highest BCUT2D eigenvalue weighted by Gasteiger charge is 2.36. The summed E-state index contributed by atoms with van der Waals surface area (Å²) in [4.78, 5) is 51.8. The molecule has 11 heteroatoms. The lowest BCUT2D eigenvalue weighted by Crippen LogP contribution is -2.22. The molecular weight excluding hydrogens is 476 g/mol. The monoisotopic (exact) mass is 496 g/mol. The molecule has 1 saturated heterocycles. The molecule has 0 saturated carbocycles. The number of benzene rings is 3. The van der Waals surface area contributed by atoms with Gasteiger partial charge >= 0.3 is 6.03 Å². The third-order valence-electron chi connectivity index (χ3n) is 6.01. The second-order valence-corrected chi connectivity index (χ2v) is 8.41. The molecule has 2 heterocycles. The molecule has 1 fully saturated rings. The highest BCUT2D eigenvalue weighted by atomic mass is 16.6. The van der Waals surface area contributed by atoms with E-state index in [0.717, 1.165) is 5.56 Å². The van der Waals surface area contributed by atoms with Crippen molar-refractivity contribution in [3.8, 4) is 0 Å². The van der Waals surface area contributed by atoms with Gasteiger partial charge in [-0.2, -0.15) is 0 Å². The Balaban J connectivity index is 1.56. The number of rotatable bonds is 6. The van der Waals surface area contributed by atoms with E-state index in [1.807, 2.05) is 24.3 Å². The standard InChI is InChI=1S/C26H20N6O5/c27-13-15-1-5-16(6-2-15)23(22-19-12-18(32(36)37)9-10-20(19)29-25(22)34)28-17-7-3-14(4-8-17)11-21-24(33)31-26(35)30-21/h1-12,22H,13,27H2,(H,29,34)(H2,30,31,33,35). The fourth-order valence-electron chi connectivity index (χ4n) is 4.17. The molecule has 1 atom stereocenters. The number of hydrogen-bond acceptors (Lipinski definition) is 7. The average Bonchev–Trinajstić information content (AvgIpc) is 3.39. The van der Waals surface area contributed by atoms with Crippen molar-refractivity contribution in [1.82, 2.24) is 10.6 Å². The normalized spacial score (nSPS) is 17.9. The number of fused-ring (bicyclic) bond motifs is 1. The van der Waals surface area contributed by atoms with E-state index in [4.69, 9.17) is 10.7 Å². The second-order valence-electron chi connectivity index (χ2n) is 8.41. The van der Waals surface area contributed by atoms with Crippen LogP contribution >= 0.6 is 0 Å². The largest absolute Gasteiger partial charge is 0.326 e. The van der Waals surface area contributed by atoms with Crippen molar-refractivity contribution < 1.29 is 19.3 Å². The number of nitrogens with zero attached hydrogens (tertiary/aromatic N) is 2. The fourth-order valence-corrected chi connectivity index (χ4v) is 4.17. The van der Waals surface area contributed by atoms with Crippen LogP contribution in [0.25, 0.3) is 6.08 Å². The average molecular weight is 496 g/mol. The highest BCUT2D eigenvalue weighted by molar-refractivity contribution is 6.24. The Hall–Kier alpha value is -5.16. The van der Waals surface area contributed by atoms with Crippen molar-refractivity contribution >= 4 is 46.7 Å². The molecule has 2 aliphatic rings. The van der Waals surface area contributed by atoms with Crippen molar-refractivity contribution in [2.45, 2.75) is 12.5 Å². The van der Waals surface area contributed by atoms with Crippen molar-refractivity contribution in [2.24, 2.45) is 10.7 Å². The van der Waals surface area contributed by atoms with Gasteiger partial charge in [0, 0.05) is 29.9 Å². The summed E-state index contributed by atoms with van der Waals surface area (Å²) in [6, 6.07) is 17.8. The van der Waals surface area contributed by atoms with Gasteiger partial charge in [-0.1, -0.05) is 36.4 Å². The van der Waals surface area contributed by atoms with Crippen LogP contribution in [0.4, 0.5) is 21.9 Å². The molecule has 3 aromatic rings. The van der Waals surface area contributed by atoms with E-state index in [9.17, 15) is 24.5 Å². The molecule has 0 radical (unpaired) electrons. The van der Waals surface area contributed by atoms with Gasteiger partial charge in [-0.25, -0.2) is 4.79 Å². The molecule has 11 nitrogen and oxygen atoms in total. The first kappa shape index (κ1) is 23.6. The Bertz CT molecular complexity index is 1510. The lowest BCUT2D eigenvalue weighted by molar-refractivity contribution is -0.384. The predicted octanol–water partition coefficient (Wildman–Crippen LogP) is 3.09. The Morgan fingerprint density at radius 2 is 1.70 bits per heavy atom. The zero-order valence-electron chi connectivity index (χ0n) is 19.2. The quantitative estimate of drug-likeness (QED) is 0.134. The summed E-state index contributed by atoms with van der Waals surface area (Å²) < 4.78 is 0. The number of hydrogen-bond donors (Lipinski definition) is 4. The lowest BCUT2D eigenvalue weighted by atomic mass is 9.90. The van der Waals surface area contributed by atoms with Gasteiger partial charge in [0.1, 0.15) is 11.6 Å². The molecule has 5 rings (SSSR count). The Morgan fingerprint density at radius 1 is 0.973 bits per heavy atom. The molecule has 37 heavy (non-hydrogen) atoms. The minimum Gasteiger partial charge on any atom is -0.326 e. The van der Waals surface area contributed by atoms with Crippen LogP contribution in [0.15, 0.2) is 77.4 Å². The Morgan fingerprint density at radius 3 is 2.32 bits per heavy atom. The number of carbonyl (C=O) groups excluding carboxylic acids is 3. The van der Waals surface area contributed by atoms with E-state index in [2.05, 4.69) is 16.0 Å². The third-order valence-corrected chi connectivity index (χ3v) is 6.01. The summed E-state index contributed by atoms with van der Waals surface area (Å²) in [6.07, 6.45) is 1.53. The molecule has 0 aliphatic carbocycles. The molecule has 3 aromatic carbocycles. The molecule has 0 spiro atoms. The number of urea groups is 1. The number of nitro groups is 1. The van der Waals surface area contributed by atoms with Crippen LogP contribution in [-0.4, -0.2) is 28.5 Å². The number of nitrogens with two attached hydrogens (primary N) is 1.